The highest BCUT2D eigenvalue weighted by molar-refractivity contribution is 5.40. The summed E-state index contributed by atoms with van der Waals surface area (Å²) in [5, 5.41) is 11.6. The van der Waals surface area contributed by atoms with Gasteiger partial charge in [-0.15, -0.1) is 5.10 Å². The van der Waals surface area contributed by atoms with Crippen molar-refractivity contribution >= 4 is 11.8 Å². The van der Waals surface area contributed by atoms with Crippen molar-refractivity contribution in [2.45, 2.75) is 58.4 Å². The first-order chi connectivity index (χ1) is 9.35. The molecule has 106 valence electrons. The maximum absolute atomic E-state index is 4.61. The quantitative estimate of drug-likeness (QED) is 0.800. The average molecular weight is 263 g/mol. The standard InChI is InChI=1S/C14H25N5/c1-3-5-9-15-13-11-16-18-14(17-13)19-10-7-6-8-12(19)4-2/h11-12H,3-10H2,1-2H3,(H,15,17,18). The van der Waals surface area contributed by atoms with Crippen molar-refractivity contribution in [2.75, 3.05) is 23.3 Å². The Morgan fingerprint density at radius 1 is 1.37 bits per heavy atom. The highest BCUT2D eigenvalue weighted by atomic mass is 15.3. The summed E-state index contributed by atoms with van der Waals surface area (Å²) in [6.45, 7) is 6.43. The molecule has 19 heavy (non-hydrogen) atoms. The van der Waals surface area contributed by atoms with Gasteiger partial charge in [-0.05, 0) is 32.1 Å². The van der Waals surface area contributed by atoms with E-state index in [0.29, 0.717) is 6.04 Å². The number of aromatic nitrogens is 3. The largest absolute Gasteiger partial charge is 0.369 e. The second-order valence-corrected chi connectivity index (χ2v) is 5.17. The molecule has 1 unspecified atom stereocenters. The molecule has 1 fully saturated rings. The summed E-state index contributed by atoms with van der Waals surface area (Å²) in [7, 11) is 0. The molecular formula is C14H25N5. The van der Waals surface area contributed by atoms with E-state index < -0.39 is 0 Å². The molecule has 0 aromatic carbocycles. The van der Waals surface area contributed by atoms with Gasteiger partial charge in [0, 0.05) is 19.1 Å². The van der Waals surface area contributed by atoms with E-state index in [2.05, 4.69) is 39.2 Å². The molecule has 1 aromatic heterocycles. The van der Waals surface area contributed by atoms with Crippen molar-refractivity contribution in [3.63, 3.8) is 0 Å². The zero-order chi connectivity index (χ0) is 13.5. The minimum Gasteiger partial charge on any atom is -0.369 e. The Bertz CT molecular complexity index is 382. The lowest BCUT2D eigenvalue weighted by atomic mass is 10.0. The predicted octanol–water partition coefficient (Wildman–Crippen LogP) is 2.85. The molecule has 5 heteroatoms. The lowest BCUT2D eigenvalue weighted by Gasteiger charge is -2.34. The van der Waals surface area contributed by atoms with E-state index in [1.165, 1.54) is 25.7 Å². The molecule has 0 bridgehead atoms. The van der Waals surface area contributed by atoms with Crippen LogP contribution in [0.5, 0.6) is 0 Å². The zero-order valence-electron chi connectivity index (χ0n) is 12.1. The van der Waals surface area contributed by atoms with Gasteiger partial charge in [0.1, 0.15) is 0 Å². The van der Waals surface area contributed by atoms with Crippen molar-refractivity contribution in [3.8, 4) is 0 Å². The van der Waals surface area contributed by atoms with Crippen LogP contribution >= 0.6 is 0 Å². The minimum atomic E-state index is 0.571. The van der Waals surface area contributed by atoms with Gasteiger partial charge >= 0.3 is 0 Å². The third-order valence-corrected chi connectivity index (χ3v) is 3.74. The molecule has 1 aliphatic heterocycles. The lowest BCUT2D eigenvalue weighted by Crippen LogP contribution is -2.40. The number of hydrogen-bond donors (Lipinski definition) is 1. The third-order valence-electron chi connectivity index (χ3n) is 3.74. The highest BCUT2D eigenvalue weighted by Crippen LogP contribution is 2.23. The Kier molecular flexibility index (Phi) is 5.36. The van der Waals surface area contributed by atoms with Crippen LogP contribution < -0.4 is 10.2 Å². The van der Waals surface area contributed by atoms with Crippen LogP contribution in [-0.4, -0.2) is 34.3 Å². The van der Waals surface area contributed by atoms with E-state index in [9.17, 15) is 0 Å². The van der Waals surface area contributed by atoms with Crippen LogP contribution in [0.3, 0.4) is 0 Å². The van der Waals surface area contributed by atoms with Crippen LogP contribution in [0, 0.1) is 0 Å². The smallest absolute Gasteiger partial charge is 0.247 e. The van der Waals surface area contributed by atoms with Gasteiger partial charge in [0.15, 0.2) is 5.82 Å². The number of anilines is 2. The van der Waals surface area contributed by atoms with E-state index in [-0.39, 0.29) is 0 Å². The van der Waals surface area contributed by atoms with Gasteiger partial charge in [-0.25, -0.2) is 0 Å². The zero-order valence-corrected chi connectivity index (χ0v) is 12.1. The fourth-order valence-electron chi connectivity index (χ4n) is 2.58. The maximum Gasteiger partial charge on any atom is 0.247 e. The van der Waals surface area contributed by atoms with Gasteiger partial charge in [-0.2, -0.15) is 10.1 Å². The van der Waals surface area contributed by atoms with E-state index in [0.717, 1.165) is 37.7 Å². The molecular weight excluding hydrogens is 238 g/mol. The van der Waals surface area contributed by atoms with Crippen molar-refractivity contribution < 1.29 is 0 Å². The van der Waals surface area contributed by atoms with Crippen LogP contribution in [0.2, 0.25) is 0 Å². The summed E-state index contributed by atoms with van der Waals surface area (Å²) in [5.41, 5.74) is 0. The number of rotatable bonds is 6. The summed E-state index contributed by atoms with van der Waals surface area (Å²) < 4.78 is 0. The van der Waals surface area contributed by atoms with Crippen LogP contribution in [-0.2, 0) is 0 Å². The average Bonchev–Trinajstić information content (AvgIpc) is 2.48. The number of unbranched alkanes of at least 4 members (excludes halogenated alkanes) is 1. The Balaban J connectivity index is 2.04. The summed E-state index contributed by atoms with van der Waals surface area (Å²) in [5.74, 6) is 1.63. The van der Waals surface area contributed by atoms with Crippen LogP contribution in [0.4, 0.5) is 11.8 Å². The van der Waals surface area contributed by atoms with Crippen LogP contribution in [0.15, 0.2) is 6.20 Å². The third kappa shape index (κ3) is 3.78. The molecule has 0 radical (unpaired) electrons. The molecule has 0 amide bonds. The molecule has 1 aliphatic rings. The van der Waals surface area contributed by atoms with Gasteiger partial charge in [-0.1, -0.05) is 20.3 Å². The summed E-state index contributed by atoms with van der Waals surface area (Å²) in [6, 6.07) is 0.571. The topological polar surface area (TPSA) is 53.9 Å². The SMILES string of the molecule is CCCCNc1cnnc(N2CCCCC2CC)n1. The highest BCUT2D eigenvalue weighted by Gasteiger charge is 2.23. The Hall–Kier alpha value is -1.39. The van der Waals surface area contributed by atoms with Gasteiger partial charge < -0.3 is 10.2 Å². The molecule has 2 rings (SSSR count). The summed E-state index contributed by atoms with van der Waals surface area (Å²) in [4.78, 5) is 6.93. The molecule has 5 nitrogen and oxygen atoms in total. The van der Waals surface area contributed by atoms with Crippen LogP contribution in [0.1, 0.15) is 52.4 Å². The van der Waals surface area contributed by atoms with Crippen molar-refractivity contribution in [1.82, 2.24) is 15.2 Å². The Morgan fingerprint density at radius 3 is 3.05 bits per heavy atom. The van der Waals surface area contributed by atoms with Crippen molar-refractivity contribution in [3.05, 3.63) is 6.20 Å². The van der Waals surface area contributed by atoms with Gasteiger partial charge in [0.2, 0.25) is 5.95 Å². The van der Waals surface area contributed by atoms with E-state index in [1.54, 1.807) is 6.20 Å². The van der Waals surface area contributed by atoms with Crippen molar-refractivity contribution in [2.24, 2.45) is 0 Å². The Morgan fingerprint density at radius 2 is 2.26 bits per heavy atom. The number of nitrogens with one attached hydrogen (secondary N) is 1. The minimum absolute atomic E-state index is 0.571. The summed E-state index contributed by atoms with van der Waals surface area (Å²) in [6.07, 6.45) is 8.99. The molecule has 0 saturated carbocycles. The maximum atomic E-state index is 4.61. The second-order valence-electron chi connectivity index (χ2n) is 5.17. The molecule has 1 N–H and O–H groups in total. The number of piperidine rings is 1. The number of hydrogen-bond acceptors (Lipinski definition) is 5. The number of nitrogens with zero attached hydrogens (tertiary/aromatic N) is 4. The monoisotopic (exact) mass is 263 g/mol. The fourth-order valence-corrected chi connectivity index (χ4v) is 2.58. The van der Waals surface area contributed by atoms with Gasteiger partial charge in [0.05, 0.1) is 6.20 Å². The molecule has 0 aliphatic carbocycles. The molecule has 1 saturated heterocycles. The first-order valence-corrected chi connectivity index (χ1v) is 7.55. The van der Waals surface area contributed by atoms with Crippen molar-refractivity contribution in [1.29, 1.82) is 0 Å². The normalized spacial score (nSPS) is 19.5. The van der Waals surface area contributed by atoms with E-state index in [1.807, 2.05) is 0 Å². The van der Waals surface area contributed by atoms with E-state index in [4.69, 9.17) is 0 Å². The first-order valence-electron chi connectivity index (χ1n) is 7.55. The van der Waals surface area contributed by atoms with Gasteiger partial charge in [0.25, 0.3) is 0 Å². The fraction of sp³-hybridized carbons (Fsp3) is 0.786. The second kappa shape index (κ2) is 7.26. The lowest BCUT2D eigenvalue weighted by molar-refractivity contribution is 0.441. The van der Waals surface area contributed by atoms with E-state index >= 15 is 0 Å². The van der Waals surface area contributed by atoms with Gasteiger partial charge in [-0.3, -0.25) is 0 Å². The first kappa shape index (κ1) is 14.0. The molecule has 1 atom stereocenters. The van der Waals surface area contributed by atoms with Crippen LogP contribution in [0.25, 0.3) is 0 Å². The predicted molar refractivity (Wildman–Crippen MR) is 78.5 cm³/mol. The molecule has 1 aromatic rings. The summed E-state index contributed by atoms with van der Waals surface area (Å²) >= 11 is 0. The molecule has 0 spiro atoms. The molecule has 2 heterocycles. The Labute approximate surface area is 115 Å².